The number of rotatable bonds is 2. The number of amides is 1. The lowest BCUT2D eigenvalue weighted by Gasteiger charge is -1.99. The molecule has 1 aliphatic heterocycles. The van der Waals surface area contributed by atoms with Gasteiger partial charge >= 0.3 is 5.97 Å². The largest absolute Gasteiger partial charge is 0.465 e. The molecule has 1 saturated heterocycles. The first-order valence-corrected chi connectivity index (χ1v) is 6.89. The van der Waals surface area contributed by atoms with Crippen LogP contribution in [0.2, 0.25) is 0 Å². The predicted molar refractivity (Wildman–Crippen MR) is 81.5 cm³/mol. The fourth-order valence-electron chi connectivity index (χ4n) is 2.10. The number of aromatic nitrogens is 1. The van der Waals surface area contributed by atoms with E-state index in [1.165, 1.54) is 7.11 Å². The van der Waals surface area contributed by atoms with Crippen LogP contribution in [0.3, 0.4) is 0 Å². The maximum Gasteiger partial charge on any atom is 0.337 e. The van der Waals surface area contributed by atoms with Gasteiger partial charge in [-0.3, -0.25) is 10.2 Å². The Kier molecular flexibility index (Phi) is 3.26. The van der Waals surface area contributed by atoms with E-state index in [2.05, 4.69) is 15.0 Å². The van der Waals surface area contributed by atoms with Gasteiger partial charge < -0.3 is 15.0 Å². The number of nitrogens with one attached hydrogen (secondary N) is 3. The molecular formula is C14H11N3O3S. The molecule has 2 aromatic rings. The second kappa shape index (κ2) is 5.10. The van der Waals surface area contributed by atoms with Crippen LogP contribution in [0.15, 0.2) is 29.3 Å². The van der Waals surface area contributed by atoms with Crippen molar-refractivity contribution < 1.29 is 14.3 Å². The van der Waals surface area contributed by atoms with Gasteiger partial charge in [0.25, 0.3) is 5.24 Å². The summed E-state index contributed by atoms with van der Waals surface area (Å²) in [5, 5.41) is 10.8. The first-order valence-electron chi connectivity index (χ1n) is 6.07. The highest BCUT2D eigenvalue weighted by atomic mass is 32.2. The van der Waals surface area contributed by atoms with E-state index in [1.54, 1.807) is 24.4 Å². The molecule has 7 heteroatoms. The highest BCUT2D eigenvalue weighted by molar-refractivity contribution is 8.18. The molecule has 0 saturated carbocycles. The minimum absolute atomic E-state index is 0.102. The third-order valence-electron chi connectivity index (χ3n) is 3.10. The van der Waals surface area contributed by atoms with Crippen LogP contribution in [0, 0.1) is 5.41 Å². The predicted octanol–water partition coefficient (Wildman–Crippen LogP) is 2.73. The number of esters is 1. The number of hydrogen-bond donors (Lipinski definition) is 3. The Hall–Kier alpha value is -2.54. The summed E-state index contributed by atoms with van der Waals surface area (Å²) in [6.07, 6.45) is 3.54. The van der Waals surface area contributed by atoms with Gasteiger partial charge in [0.05, 0.1) is 17.6 Å². The number of carbonyl (C=O) groups is 2. The van der Waals surface area contributed by atoms with Gasteiger partial charge in [0.15, 0.2) is 0 Å². The fourth-order valence-corrected chi connectivity index (χ4v) is 2.79. The zero-order valence-corrected chi connectivity index (χ0v) is 11.8. The maximum atomic E-state index is 11.5. The van der Waals surface area contributed by atoms with Gasteiger partial charge in [-0.15, -0.1) is 0 Å². The quantitative estimate of drug-likeness (QED) is 0.743. The highest BCUT2D eigenvalue weighted by Crippen LogP contribution is 2.29. The molecule has 0 unspecified atom stereocenters. The molecule has 106 valence electrons. The second-order valence-corrected chi connectivity index (χ2v) is 5.41. The smallest absolute Gasteiger partial charge is 0.337 e. The first kappa shape index (κ1) is 13.4. The average Bonchev–Trinajstić information content (AvgIpc) is 3.01. The summed E-state index contributed by atoms with van der Waals surface area (Å²) in [5.41, 5.74) is 2.11. The van der Waals surface area contributed by atoms with Gasteiger partial charge in [0.1, 0.15) is 5.84 Å². The molecule has 0 aliphatic carbocycles. The lowest BCUT2D eigenvalue weighted by molar-refractivity contribution is 0.0601. The first-order chi connectivity index (χ1) is 10.1. The van der Waals surface area contributed by atoms with E-state index in [4.69, 9.17) is 5.41 Å². The summed E-state index contributed by atoms with van der Waals surface area (Å²) in [4.78, 5) is 26.4. The van der Waals surface area contributed by atoms with E-state index in [0.717, 1.165) is 28.2 Å². The molecule has 1 aromatic heterocycles. The molecule has 2 heterocycles. The van der Waals surface area contributed by atoms with Crippen molar-refractivity contribution in [3.8, 4) is 0 Å². The zero-order valence-electron chi connectivity index (χ0n) is 11.0. The van der Waals surface area contributed by atoms with E-state index in [1.807, 2.05) is 6.07 Å². The number of thioether (sulfide) groups is 1. The topological polar surface area (TPSA) is 95.0 Å². The lowest BCUT2D eigenvalue weighted by atomic mass is 10.1. The van der Waals surface area contributed by atoms with Crippen LogP contribution >= 0.6 is 11.8 Å². The van der Waals surface area contributed by atoms with Crippen LogP contribution < -0.4 is 5.32 Å². The summed E-state index contributed by atoms with van der Waals surface area (Å²) < 4.78 is 4.68. The molecule has 0 atom stereocenters. The Bertz CT molecular complexity index is 807. The van der Waals surface area contributed by atoms with Crippen LogP contribution in [-0.4, -0.2) is 29.1 Å². The van der Waals surface area contributed by atoms with Crippen LogP contribution in [0.4, 0.5) is 4.79 Å². The molecule has 0 spiro atoms. The van der Waals surface area contributed by atoms with Gasteiger partial charge in [-0.1, -0.05) is 6.07 Å². The maximum absolute atomic E-state index is 11.5. The molecular weight excluding hydrogens is 290 g/mol. The van der Waals surface area contributed by atoms with Crippen LogP contribution in [0.5, 0.6) is 0 Å². The summed E-state index contributed by atoms with van der Waals surface area (Å²) in [6, 6.07) is 5.20. The molecule has 3 N–H and O–H groups in total. The number of hydrogen-bond acceptors (Lipinski definition) is 5. The summed E-state index contributed by atoms with van der Waals surface area (Å²) in [7, 11) is 1.34. The third kappa shape index (κ3) is 2.43. The standard InChI is InChI=1S/C14H11N3O3S/c1-20-13(18)7-2-3-9-8(6-16-10(9)4-7)5-11-12(15)17-14(19)21-11/h2-6,16H,1H3,(H2,15,17,19)/b11-5+. The second-order valence-electron chi connectivity index (χ2n) is 4.39. The molecule has 0 bridgehead atoms. The highest BCUT2D eigenvalue weighted by Gasteiger charge is 2.22. The Balaban J connectivity index is 2.02. The normalized spacial score (nSPS) is 16.5. The van der Waals surface area contributed by atoms with E-state index < -0.39 is 5.97 Å². The van der Waals surface area contributed by atoms with Crippen molar-refractivity contribution >= 4 is 45.8 Å². The number of aromatic amines is 1. The molecule has 0 radical (unpaired) electrons. The molecule has 21 heavy (non-hydrogen) atoms. The van der Waals surface area contributed by atoms with E-state index >= 15 is 0 Å². The lowest BCUT2D eigenvalue weighted by Crippen LogP contribution is -2.17. The average molecular weight is 301 g/mol. The Labute approximate surface area is 124 Å². The van der Waals surface area contributed by atoms with Gasteiger partial charge in [-0.25, -0.2) is 4.79 Å². The van der Waals surface area contributed by atoms with Crippen LogP contribution in [-0.2, 0) is 4.74 Å². The van der Waals surface area contributed by atoms with Gasteiger partial charge in [-0.05, 0) is 30.0 Å². The van der Waals surface area contributed by atoms with Crippen molar-refractivity contribution in [1.29, 1.82) is 5.41 Å². The summed E-state index contributed by atoms with van der Waals surface area (Å²) >= 11 is 0.991. The molecule has 1 aliphatic rings. The van der Waals surface area contributed by atoms with Crippen LogP contribution in [0.25, 0.3) is 17.0 Å². The number of H-pyrrole nitrogens is 1. The van der Waals surface area contributed by atoms with Crippen molar-refractivity contribution in [2.75, 3.05) is 7.11 Å². The van der Waals surface area contributed by atoms with E-state index in [-0.39, 0.29) is 11.1 Å². The van der Waals surface area contributed by atoms with Crippen molar-refractivity contribution in [3.63, 3.8) is 0 Å². The van der Waals surface area contributed by atoms with Gasteiger partial charge in [-0.2, -0.15) is 0 Å². The van der Waals surface area contributed by atoms with Crippen molar-refractivity contribution in [2.45, 2.75) is 0 Å². The van der Waals surface area contributed by atoms with Crippen molar-refractivity contribution in [2.24, 2.45) is 0 Å². The zero-order chi connectivity index (χ0) is 15.0. The molecule has 3 rings (SSSR count). The monoisotopic (exact) mass is 301 g/mol. The number of benzene rings is 1. The molecule has 1 aromatic carbocycles. The molecule has 1 fully saturated rings. The minimum atomic E-state index is -0.394. The summed E-state index contributed by atoms with van der Waals surface area (Å²) in [5.74, 6) is -0.292. The third-order valence-corrected chi connectivity index (χ3v) is 3.93. The SMILES string of the molecule is COC(=O)c1ccc2c(/C=C3/SC(=O)NC3=N)c[nH]c2c1. The number of ether oxygens (including phenoxy) is 1. The summed E-state index contributed by atoms with van der Waals surface area (Å²) in [6.45, 7) is 0. The number of fused-ring (bicyclic) bond motifs is 1. The van der Waals surface area contributed by atoms with Crippen molar-refractivity contribution in [1.82, 2.24) is 10.3 Å². The van der Waals surface area contributed by atoms with E-state index in [0.29, 0.717) is 10.5 Å². The molecule has 6 nitrogen and oxygen atoms in total. The van der Waals surface area contributed by atoms with E-state index in [9.17, 15) is 9.59 Å². The molecule has 1 amide bonds. The fraction of sp³-hybridized carbons (Fsp3) is 0.0714. The number of methoxy groups -OCH3 is 1. The van der Waals surface area contributed by atoms with Gasteiger partial charge in [0.2, 0.25) is 0 Å². The minimum Gasteiger partial charge on any atom is -0.465 e. The van der Waals surface area contributed by atoms with Gasteiger partial charge in [0, 0.05) is 22.7 Å². The Morgan fingerprint density at radius 2 is 2.24 bits per heavy atom. The van der Waals surface area contributed by atoms with Crippen LogP contribution in [0.1, 0.15) is 15.9 Å². The number of carbonyl (C=O) groups excluding carboxylic acids is 2. The Morgan fingerprint density at radius 1 is 1.43 bits per heavy atom. The van der Waals surface area contributed by atoms with Crippen molar-refractivity contribution in [3.05, 3.63) is 40.4 Å². The number of amidine groups is 1. The Morgan fingerprint density at radius 3 is 2.90 bits per heavy atom.